The molecule has 1 fully saturated rings. The van der Waals surface area contributed by atoms with Crippen LogP contribution in [0.5, 0.6) is 5.75 Å². The lowest BCUT2D eigenvalue weighted by Crippen LogP contribution is -2.48. The lowest BCUT2D eigenvalue weighted by molar-refractivity contribution is -0.121. The van der Waals surface area contributed by atoms with Crippen LogP contribution in [0, 0.1) is 0 Å². The molecule has 32 heavy (non-hydrogen) atoms. The molecule has 8 heteroatoms. The number of carbonyl (C=O) groups excluding carboxylic acids is 1. The second kappa shape index (κ2) is 9.32. The van der Waals surface area contributed by atoms with Gasteiger partial charge in [0.05, 0.1) is 36.8 Å². The third-order valence-electron chi connectivity index (χ3n) is 5.33. The number of methoxy groups -OCH3 is 1. The Balaban J connectivity index is 1.73. The van der Waals surface area contributed by atoms with Crippen LogP contribution >= 0.6 is 11.6 Å². The largest absolute Gasteiger partial charge is 0.497 e. The van der Waals surface area contributed by atoms with Crippen LogP contribution in [0.25, 0.3) is 22.1 Å². The molecule has 168 valence electrons. The van der Waals surface area contributed by atoms with Gasteiger partial charge in [0, 0.05) is 18.1 Å². The summed E-state index contributed by atoms with van der Waals surface area (Å²) in [5, 5.41) is 3.57. The average Bonchev–Trinajstić information content (AvgIpc) is 2.73. The van der Waals surface area contributed by atoms with Crippen molar-refractivity contribution in [1.29, 1.82) is 0 Å². The Morgan fingerprint density at radius 3 is 2.66 bits per heavy atom. The number of carbonyl (C=O) groups is 1. The topological polar surface area (TPSA) is 81.0 Å². The highest BCUT2D eigenvalue weighted by Gasteiger charge is 2.25. The Bertz CT molecular complexity index is 1200. The van der Waals surface area contributed by atoms with Crippen LogP contribution < -0.4 is 15.5 Å². The number of ether oxygens (including phenoxy) is 2. The van der Waals surface area contributed by atoms with Crippen molar-refractivity contribution in [2.24, 2.45) is 0 Å². The van der Waals surface area contributed by atoms with Crippen molar-refractivity contribution < 1.29 is 18.7 Å². The molecule has 1 N–H and O–H groups in total. The first-order valence-electron chi connectivity index (χ1n) is 10.4. The summed E-state index contributed by atoms with van der Waals surface area (Å²) in [6.45, 7) is 5.43. The minimum atomic E-state index is -0.286. The van der Waals surface area contributed by atoms with Gasteiger partial charge in [-0.25, -0.2) is 0 Å². The number of fused-ring (bicyclic) bond motifs is 1. The minimum Gasteiger partial charge on any atom is -0.497 e. The van der Waals surface area contributed by atoms with Crippen molar-refractivity contribution in [1.82, 2.24) is 4.90 Å². The van der Waals surface area contributed by atoms with Gasteiger partial charge in [-0.15, -0.1) is 0 Å². The van der Waals surface area contributed by atoms with Crippen LogP contribution in [0.3, 0.4) is 0 Å². The van der Waals surface area contributed by atoms with Crippen molar-refractivity contribution in [3.63, 3.8) is 0 Å². The number of benzene rings is 2. The number of nitrogens with zero attached hydrogens (tertiary/aromatic N) is 1. The molecule has 1 saturated heterocycles. The quantitative estimate of drug-likeness (QED) is 0.620. The maximum Gasteiger partial charge on any atom is 0.240 e. The number of morpholine rings is 1. The minimum absolute atomic E-state index is 0.0437. The first-order valence-corrected chi connectivity index (χ1v) is 10.8. The third-order valence-corrected chi connectivity index (χ3v) is 5.56. The molecule has 4 rings (SSSR count). The standard InChI is InChI=1S/C24H25ClN2O5/c1-14-11-27(12-15(2)31-14)13-21(28)26-24-22(16-5-4-6-18(9-16)30-3)23(29)19-10-17(25)7-8-20(19)32-24/h4-10,14-15H,11-13H2,1-3H3,(H,26,28). The Hall–Kier alpha value is -2.87. The number of nitrogens with one attached hydrogen (secondary N) is 1. The number of halogens is 1. The number of hydrogen-bond donors (Lipinski definition) is 1. The third kappa shape index (κ3) is 4.80. The smallest absolute Gasteiger partial charge is 0.240 e. The first-order chi connectivity index (χ1) is 15.3. The molecule has 7 nitrogen and oxygen atoms in total. The number of amides is 1. The zero-order valence-corrected chi connectivity index (χ0v) is 18.9. The van der Waals surface area contributed by atoms with Crippen LogP contribution in [0.4, 0.5) is 5.88 Å². The molecule has 1 amide bonds. The number of rotatable bonds is 5. The van der Waals surface area contributed by atoms with Gasteiger partial charge in [-0.3, -0.25) is 19.8 Å². The molecular formula is C24H25ClN2O5. The predicted molar refractivity (Wildman–Crippen MR) is 125 cm³/mol. The van der Waals surface area contributed by atoms with E-state index in [4.69, 9.17) is 25.5 Å². The highest BCUT2D eigenvalue weighted by atomic mass is 35.5. The number of anilines is 1. The van der Waals surface area contributed by atoms with E-state index in [1.54, 1.807) is 49.6 Å². The second-order valence-corrected chi connectivity index (χ2v) is 8.44. The summed E-state index contributed by atoms with van der Waals surface area (Å²) in [6, 6.07) is 11.9. The van der Waals surface area contributed by atoms with Crippen LogP contribution in [0.15, 0.2) is 51.7 Å². The van der Waals surface area contributed by atoms with Crippen molar-refractivity contribution in [3.8, 4) is 16.9 Å². The van der Waals surface area contributed by atoms with Crippen LogP contribution in [0.2, 0.25) is 5.02 Å². The van der Waals surface area contributed by atoms with Gasteiger partial charge in [0.15, 0.2) is 0 Å². The highest BCUT2D eigenvalue weighted by molar-refractivity contribution is 6.31. The van der Waals surface area contributed by atoms with E-state index in [2.05, 4.69) is 5.32 Å². The zero-order valence-electron chi connectivity index (χ0n) is 18.2. The lowest BCUT2D eigenvalue weighted by Gasteiger charge is -2.34. The van der Waals surface area contributed by atoms with Gasteiger partial charge in [0.1, 0.15) is 11.3 Å². The van der Waals surface area contributed by atoms with Gasteiger partial charge < -0.3 is 13.9 Å². The maximum atomic E-state index is 13.4. The Morgan fingerprint density at radius 2 is 1.94 bits per heavy atom. The second-order valence-electron chi connectivity index (χ2n) is 8.01. The van der Waals surface area contributed by atoms with Crippen molar-refractivity contribution >= 4 is 34.4 Å². The lowest BCUT2D eigenvalue weighted by atomic mass is 10.0. The molecule has 0 radical (unpaired) electrons. The fourth-order valence-electron chi connectivity index (χ4n) is 4.08. The molecule has 0 saturated carbocycles. The van der Waals surface area contributed by atoms with Crippen molar-refractivity contribution in [3.05, 3.63) is 57.7 Å². The van der Waals surface area contributed by atoms with Crippen LogP contribution in [0.1, 0.15) is 13.8 Å². The Morgan fingerprint density at radius 1 is 1.19 bits per heavy atom. The van der Waals surface area contributed by atoms with Crippen molar-refractivity contribution in [2.45, 2.75) is 26.1 Å². The van der Waals surface area contributed by atoms with Gasteiger partial charge in [-0.1, -0.05) is 23.7 Å². The summed E-state index contributed by atoms with van der Waals surface area (Å²) in [5.41, 5.74) is 0.875. The molecule has 2 atom stereocenters. The fourth-order valence-corrected chi connectivity index (χ4v) is 4.25. The van der Waals surface area contributed by atoms with Gasteiger partial charge in [-0.2, -0.15) is 0 Å². The van der Waals surface area contributed by atoms with Gasteiger partial charge in [-0.05, 0) is 49.7 Å². The molecule has 2 heterocycles. The van der Waals surface area contributed by atoms with E-state index >= 15 is 0 Å². The molecule has 0 bridgehead atoms. The molecule has 3 aromatic rings. The number of hydrogen-bond acceptors (Lipinski definition) is 6. The van der Waals surface area contributed by atoms with Gasteiger partial charge >= 0.3 is 0 Å². The Labute approximate surface area is 190 Å². The molecule has 1 aromatic heterocycles. The van der Waals surface area contributed by atoms with E-state index in [0.717, 1.165) is 0 Å². The molecule has 1 aliphatic heterocycles. The predicted octanol–water partition coefficient (Wildman–Crippen LogP) is 4.17. The maximum absolute atomic E-state index is 13.4. The van der Waals surface area contributed by atoms with E-state index in [1.807, 2.05) is 18.7 Å². The molecule has 0 aliphatic carbocycles. The van der Waals surface area contributed by atoms with Crippen LogP contribution in [-0.4, -0.2) is 49.8 Å². The molecule has 1 aliphatic rings. The summed E-state index contributed by atoms with van der Waals surface area (Å²) < 4.78 is 17.0. The summed E-state index contributed by atoms with van der Waals surface area (Å²) in [7, 11) is 1.55. The molecule has 2 unspecified atom stereocenters. The zero-order chi connectivity index (χ0) is 22.8. The van der Waals surface area contributed by atoms with Gasteiger partial charge in [0.25, 0.3) is 0 Å². The molecular weight excluding hydrogens is 432 g/mol. The summed E-state index contributed by atoms with van der Waals surface area (Å²) in [4.78, 5) is 28.3. The normalized spacial score (nSPS) is 19.1. The van der Waals surface area contributed by atoms with Crippen molar-refractivity contribution in [2.75, 3.05) is 32.1 Å². The summed E-state index contributed by atoms with van der Waals surface area (Å²) in [6.07, 6.45) is 0.0875. The van der Waals surface area contributed by atoms with E-state index in [-0.39, 0.29) is 41.5 Å². The van der Waals surface area contributed by atoms with E-state index in [1.165, 1.54) is 0 Å². The van der Waals surface area contributed by atoms with Crippen LogP contribution in [-0.2, 0) is 9.53 Å². The van der Waals surface area contributed by atoms with E-state index in [0.29, 0.717) is 40.4 Å². The van der Waals surface area contributed by atoms with E-state index < -0.39 is 0 Å². The first kappa shape index (κ1) is 22.3. The average molecular weight is 457 g/mol. The summed E-state index contributed by atoms with van der Waals surface area (Å²) in [5.74, 6) is 0.408. The fraction of sp³-hybridized carbons (Fsp3) is 0.333. The Kier molecular flexibility index (Phi) is 6.50. The van der Waals surface area contributed by atoms with E-state index in [9.17, 15) is 9.59 Å². The monoisotopic (exact) mass is 456 g/mol. The summed E-state index contributed by atoms with van der Waals surface area (Å²) >= 11 is 6.11. The van der Waals surface area contributed by atoms with Gasteiger partial charge in [0.2, 0.25) is 17.2 Å². The highest BCUT2D eigenvalue weighted by Crippen LogP contribution is 2.31. The molecule has 0 spiro atoms. The molecule has 2 aromatic carbocycles. The SMILES string of the molecule is COc1cccc(-c2c(NC(=O)CN3CC(C)OC(C)C3)oc3ccc(Cl)cc3c2=O)c1.